The largest absolute Gasteiger partial charge is 0.491 e. The van der Waals surface area contributed by atoms with Gasteiger partial charge in [-0.15, -0.1) is 0 Å². The Balaban J connectivity index is 1.79. The Morgan fingerprint density at radius 3 is 2.96 bits per heavy atom. The third-order valence-corrected chi connectivity index (χ3v) is 4.77. The average Bonchev–Trinajstić information content (AvgIpc) is 2.98. The predicted molar refractivity (Wildman–Crippen MR) is 106 cm³/mol. The number of benzene rings is 1. The number of aliphatic hydroxyl groups excluding tert-OH is 2. The fourth-order valence-electron chi connectivity index (χ4n) is 3.20. The molecule has 4 atom stereocenters. The van der Waals surface area contributed by atoms with Gasteiger partial charge in [0.05, 0.1) is 6.10 Å². The van der Waals surface area contributed by atoms with Gasteiger partial charge in [0.15, 0.2) is 0 Å². The molecule has 4 heteroatoms. The van der Waals surface area contributed by atoms with Crippen LogP contribution in [0.4, 0.5) is 0 Å². The molecule has 1 heterocycles. The number of hydrogen-bond donors (Lipinski definition) is 3. The summed E-state index contributed by atoms with van der Waals surface area (Å²) in [5, 5.41) is 23.7. The molecule has 1 aliphatic heterocycles. The normalized spacial score (nSPS) is 24.5. The summed E-state index contributed by atoms with van der Waals surface area (Å²) in [4.78, 5) is 0. The summed E-state index contributed by atoms with van der Waals surface area (Å²) in [5.74, 6) is 0.913. The van der Waals surface area contributed by atoms with Gasteiger partial charge in [-0.2, -0.15) is 0 Å². The zero-order valence-corrected chi connectivity index (χ0v) is 16.0. The molecule has 0 aliphatic carbocycles. The monoisotopic (exact) mass is 359 g/mol. The van der Waals surface area contributed by atoms with E-state index in [4.69, 9.17) is 4.74 Å². The summed E-state index contributed by atoms with van der Waals surface area (Å²) in [6.07, 6.45) is 11.4. The van der Waals surface area contributed by atoms with Gasteiger partial charge in [-0.1, -0.05) is 56.2 Å². The lowest BCUT2D eigenvalue weighted by atomic mass is 9.93. The maximum atomic E-state index is 10.2. The Morgan fingerprint density at radius 2 is 2.19 bits per heavy atom. The Kier molecular flexibility index (Phi) is 8.89. The van der Waals surface area contributed by atoms with Crippen molar-refractivity contribution in [1.82, 2.24) is 5.32 Å². The van der Waals surface area contributed by atoms with Crippen LogP contribution in [-0.4, -0.2) is 41.6 Å². The molecule has 26 heavy (non-hydrogen) atoms. The van der Waals surface area contributed by atoms with E-state index < -0.39 is 6.10 Å². The number of hydrogen-bond acceptors (Lipinski definition) is 4. The van der Waals surface area contributed by atoms with Crippen LogP contribution in [0.15, 0.2) is 48.6 Å². The molecule has 0 radical (unpaired) electrons. The van der Waals surface area contributed by atoms with Crippen LogP contribution in [0.3, 0.4) is 0 Å². The van der Waals surface area contributed by atoms with E-state index in [9.17, 15) is 10.2 Å². The Hall–Kier alpha value is -1.62. The van der Waals surface area contributed by atoms with E-state index in [1.54, 1.807) is 6.08 Å². The quantitative estimate of drug-likeness (QED) is 0.443. The maximum Gasteiger partial charge on any atom is 0.119 e. The molecule has 144 valence electrons. The van der Waals surface area contributed by atoms with Gasteiger partial charge in [0.25, 0.3) is 0 Å². The van der Waals surface area contributed by atoms with Gasteiger partial charge >= 0.3 is 0 Å². The number of ether oxygens (including phenoxy) is 1. The minimum Gasteiger partial charge on any atom is -0.491 e. The topological polar surface area (TPSA) is 61.7 Å². The molecule has 3 N–H and O–H groups in total. The standard InChI is InChI=1S/C22H33NO3/c1-3-4-5-6-7-11-20-21(23-15-22(20)25)13-12-18(24)16-26-19-10-8-9-17(2)14-19/h6-10,12-14,18,20-25H,3-5,11,15-16H2,1-2H3/b7-6+,13-12+. The fraction of sp³-hybridized carbons (Fsp3) is 0.545. The van der Waals surface area contributed by atoms with E-state index in [-0.39, 0.29) is 24.7 Å². The summed E-state index contributed by atoms with van der Waals surface area (Å²) >= 11 is 0. The molecule has 1 aromatic carbocycles. The smallest absolute Gasteiger partial charge is 0.119 e. The highest BCUT2D eigenvalue weighted by atomic mass is 16.5. The number of β-amino-alcohol motifs (C(OH)–C–C–N with tert-alkyl or cyclic N) is 1. The van der Waals surface area contributed by atoms with Crippen molar-refractivity contribution >= 4 is 0 Å². The van der Waals surface area contributed by atoms with Gasteiger partial charge < -0.3 is 20.3 Å². The lowest BCUT2D eigenvalue weighted by molar-refractivity contribution is 0.139. The predicted octanol–water partition coefficient (Wildman–Crippen LogP) is 3.38. The van der Waals surface area contributed by atoms with Crippen molar-refractivity contribution in [3.8, 4) is 5.75 Å². The van der Waals surface area contributed by atoms with Gasteiger partial charge in [-0.3, -0.25) is 0 Å². The molecule has 4 nitrogen and oxygen atoms in total. The van der Waals surface area contributed by atoms with E-state index in [1.807, 2.05) is 37.3 Å². The molecule has 1 aliphatic rings. The van der Waals surface area contributed by atoms with Crippen molar-refractivity contribution in [1.29, 1.82) is 0 Å². The number of aryl methyl sites for hydroxylation is 1. The van der Waals surface area contributed by atoms with E-state index >= 15 is 0 Å². The van der Waals surface area contributed by atoms with Crippen molar-refractivity contribution in [2.24, 2.45) is 5.92 Å². The molecule has 1 saturated heterocycles. The van der Waals surface area contributed by atoms with Crippen molar-refractivity contribution in [3.63, 3.8) is 0 Å². The van der Waals surface area contributed by atoms with Crippen LogP contribution in [0.5, 0.6) is 5.75 Å². The van der Waals surface area contributed by atoms with Gasteiger partial charge in [-0.25, -0.2) is 0 Å². The highest BCUT2D eigenvalue weighted by molar-refractivity contribution is 5.27. The second kappa shape index (κ2) is 11.2. The minimum absolute atomic E-state index is 0.0782. The molecule has 1 aromatic rings. The molecule has 2 rings (SSSR count). The van der Waals surface area contributed by atoms with E-state index in [0.29, 0.717) is 6.54 Å². The Labute approximate surface area is 157 Å². The molecule has 0 spiro atoms. The van der Waals surface area contributed by atoms with E-state index in [1.165, 1.54) is 12.8 Å². The van der Waals surface area contributed by atoms with Crippen LogP contribution >= 0.6 is 0 Å². The molecule has 1 fully saturated rings. The van der Waals surface area contributed by atoms with Gasteiger partial charge in [0, 0.05) is 18.5 Å². The zero-order valence-electron chi connectivity index (χ0n) is 16.0. The molecule has 0 bridgehead atoms. The SMILES string of the molecule is CCCC/C=C/CC1C(O)CNC1/C=C/C(O)COc1cccc(C)c1. The Bertz CT molecular complexity index is 585. The number of nitrogens with one attached hydrogen (secondary N) is 1. The molecule has 0 amide bonds. The van der Waals surface area contributed by atoms with E-state index in [0.717, 1.165) is 24.2 Å². The summed E-state index contributed by atoms with van der Waals surface area (Å²) in [5.41, 5.74) is 1.13. The van der Waals surface area contributed by atoms with Crippen molar-refractivity contribution in [2.75, 3.05) is 13.2 Å². The van der Waals surface area contributed by atoms with Crippen LogP contribution < -0.4 is 10.1 Å². The molecular formula is C22H33NO3. The maximum absolute atomic E-state index is 10.2. The minimum atomic E-state index is -0.671. The van der Waals surface area contributed by atoms with Crippen LogP contribution in [0.1, 0.15) is 38.2 Å². The van der Waals surface area contributed by atoms with Crippen molar-refractivity contribution < 1.29 is 14.9 Å². The van der Waals surface area contributed by atoms with Gasteiger partial charge in [0.1, 0.15) is 18.5 Å². The number of unbranched alkanes of at least 4 members (excludes halogenated alkanes) is 2. The second-order valence-electron chi connectivity index (χ2n) is 7.09. The fourth-order valence-corrected chi connectivity index (χ4v) is 3.20. The molecule has 0 saturated carbocycles. The third-order valence-electron chi connectivity index (χ3n) is 4.77. The summed E-state index contributed by atoms with van der Waals surface area (Å²) in [6.45, 7) is 5.01. The zero-order chi connectivity index (χ0) is 18.8. The van der Waals surface area contributed by atoms with Crippen molar-refractivity contribution in [2.45, 2.75) is 57.8 Å². The highest BCUT2D eigenvalue weighted by Crippen LogP contribution is 2.22. The number of aliphatic hydroxyl groups is 2. The van der Waals surface area contributed by atoms with E-state index in [2.05, 4.69) is 24.4 Å². The first-order valence-corrected chi connectivity index (χ1v) is 9.72. The number of rotatable bonds is 10. The first kappa shape index (κ1) is 20.7. The Morgan fingerprint density at radius 1 is 1.35 bits per heavy atom. The molecular weight excluding hydrogens is 326 g/mol. The highest BCUT2D eigenvalue weighted by Gasteiger charge is 2.31. The first-order chi connectivity index (χ1) is 12.6. The van der Waals surface area contributed by atoms with Crippen LogP contribution in [-0.2, 0) is 0 Å². The lowest BCUT2D eigenvalue weighted by Gasteiger charge is -2.17. The summed E-state index contributed by atoms with van der Waals surface area (Å²) in [6, 6.07) is 7.87. The summed E-state index contributed by atoms with van der Waals surface area (Å²) in [7, 11) is 0. The first-order valence-electron chi connectivity index (χ1n) is 9.72. The molecule has 4 unspecified atom stereocenters. The van der Waals surface area contributed by atoms with Gasteiger partial charge in [0.2, 0.25) is 0 Å². The lowest BCUT2D eigenvalue weighted by Crippen LogP contribution is -2.26. The second-order valence-corrected chi connectivity index (χ2v) is 7.09. The molecule has 0 aromatic heterocycles. The number of allylic oxidation sites excluding steroid dienone is 2. The average molecular weight is 360 g/mol. The van der Waals surface area contributed by atoms with Crippen LogP contribution in [0.2, 0.25) is 0 Å². The van der Waals surface area contributed by atoms with Crippen molar-refractivity contribution in [3.05, 3.63) is 54.1 Å². The van der Waals surface area contributed by atoms with Crippen LogP contribution in [0.25, 0.3) is 0 Å². The third kappa shape index (κ3) is 6.94. The van der Waals surface area contributed by atoms with Crippen LogP contribution in [0, 0.1) is 12.8 Å². The summed E-state index contributed by atoms with van der Waals surface area (Å²) < 4.78 is 5.63. The van der Waals surface area contributed by atoms with Gasteiger partial charge in [-0.05, 0) is 37.5 Å².